The summed E-state index contributed by atoms with van der Waals surface area (Å²) in [5, 5.41) is 6.03. The Bertz CT molecular complexity index is 1080. The van der Waals surface area contributed by atoms with Gasteiger partial charge in [-0.25, -0.2) is 8.42 Å². The maximum atomic E-state index is 12.9. The highest BCUT2D eigenvalue weighted by atomic mass is 35.5. The van der Waals surface area contributed by atoms with E-state index in [1.54, 1.807) is 29.6 Å². The van der Waals surface area contributed by atoms with Gasteiger partial charge < -0.3 is 15.1 Å². The van der Waals surface area contributed by atoms with E-state index in [1.165, 1.54) is 18.4 Å². The molecule has 0 unspecified atom stereocenters. The third-order valence-electron chi connectivity index (χ3n) is 4.28. The molecule has 2 N–H and O–H groups in total. The van der Waals surface area contributed by atoms with Crippen molar-refractivity contribution in [3.05, 3.63) is 76.5 Å². The number of rotatable bonds is 8. The Morgan fingerprint density at radius 2 is 1.77 bits per heavy atom. The third-order valence-corrected chi connectivity index (χ3v) is 8.02. The van der Waals surface area contributed by atoms with Crippen LogP contribution in [-0.4, -0.2) is 33.3 Å². The van der Waals surface area contributed by atoms with E-state index < -0.39 is 26.9 Å². The molecule has 7 nitrogen and oxygen atoms in total. The number of amides is 2. The van der Waals surface area contributed by atoms with Crippen LogP contribution in [0.4, 0.5) is 0 Å². The molecule has 0 spiro atoms. The molecule has 0 aliphatic heterocycles. The second kappa shape index (κ2) is 9.92. The maximum absolute atomic E-state index is 12.9. The number of halogens is 1. The standard InChI is InChI=1S/C20H19ClN2O5S2/c21-15-7-5-14(6-8-15)9-10-22-19(24)20(25)23-13-17(16-3-1-11-28-16)30(26,27)18-4-2-12-29-18/h1-8,11-12,17H,9-10,13H2,(H,22,24)(H,23,25)/t17-/m1/s1. The number of furan rings is 1. The molecule has 30 heavy (non-hydrogen) atoms. The van der Waals surface area contributed by atoms with E-state index in [4.69, 9.17) is 16.0 Å². The average Bonchev–Trinajstić information content (AvgIpc) is 3.44. The van der Waals surface area contributed by atoms with Gasteiger partial charge in [0.05, 0.1) is 6.26 Å². The van der Waals surface area contributed by atoms with Gasteiger partial charge in [-0.05, 0) is 47.7 Å². The van der Waals surface area contributed by atoms with Crippen LogP contribution in [-0.2, 0) is 25.8 Å². The zero-order valence-electron chi connectivity index (χ0n) is 15.7. The Hall–Kier alpha value is -2.62. The topological polar surface area (TPSA) is 105 Å². The maximum Gasteiger partial charge on any atom is 0.309 e. The minimum absolute atomic E-state index is 0.158. The summed E-state index contributed by atoms with van der Waals surface area (Å²) in [6.45, 7) is -0.0415. The molecule has 10 heteroatoms. The molecule has 0 radical (unpaired) electrons. The van der Waals surface area contributed by atoms with Gasteiger partial charge in [0.25, 0.3) is 0 Å². The zero-order chi connectivity index (χ0) is 21.6. The highest BCUT2D eigenvalue weighted by Gasteiger charge is 2.33. The fourth-order valence-corrected chi connectivity index (χ4v) is 5.64. The first-order valence-electron chi connectivity index (χ1n) is 8.99. The van der Waals surface area contributed by atoms with Crippen LogP contribution in [0.3, 0.4) is 0 Å². The summed E-state index contributed by atoms with van der Waals surface area (Å²) in [7, 11) is -3.79. The molecule has 0 fully saturated rings. The van der Waals surface area contributed by atoms with Crippen molar-refractivity contribution >= 4 is 44.6 Å². The molecule has 0 saturated heterocycles. The lowest BCUT2D eigenvalue weighted by Crippen LogP contribution is -2.42. The van der Waals surface area contributed by atoms with Gasteiger partial charge in [0.15, 0.2) is 9.84 Å². The van der Waals surface area contributed by atoms with Crippen molar-refractivity contribution in [3.8, 4) is 0 Å². The number of nitrogens with one attached hydrogen (secondary N) is 2. The zero-order valence-corrected chi connectivity index (χ0v) is 18.1. The highest BCUT2D eigenvalue weighted by molar-refractivity contribution is 7.93. The summed E-state index contributed by atoms with van der Waals surface area (Å²) < 4.78 is 31.2. The molecular weight excluding hydrogens is 448 g/mol. The summed E-state index contributed by atoms with van der Waals surface area (Å²) >= 11 is 6.90. The molecule has 3 aromatic rings. The fourth-order valence-electron chi connectivity index (χ4n) is 2.72. The van der Waals surface area contributed by atoms with Crippen LogP contribution in [0.15, 0.2) is 68.8 Å². The van der Waals surface area contributed by atoms with Gasteiger partial charge in [-0.1, -0.05) is 29.8 Å². The van der Waals surface area contributed by atoms with Crippen molar-refractivity contribution in [3.63, 3.8) is 0 Å². The molecule has 3 rings (SSSR count). The van der Waals surface area contributed by atoms with Crippen LogP contribution in [0.25, 0.3) is 0 Å². The second-order valence-electron chi connectivity index (χ2n) is 6.32. The van der Waals surface area contributed by atoms with Gasteiger partial charge in [-0.3, -0.25) is 9.59 Å². The summed E-state index contributed by atoms with van der Waals surface area (Å²) in [4.78, 5) is 24.2. The first kappa shape index (κ1) is 22.1. The normalized spacial score (nSPS) is 12.3. The van der Waals surface area contributed by atoms with E-state index in [1.807, 2.05) is 12.1 Å². The molecule has 2 aromatic heterocycles. The van der Waals surface area contributed by atoms with E-state index in [2.05, 4.69) is 10.6 Å². The summed E-state index contributed by atoms with van der Waals surface area (Å²) in [6, 6.07) is 13.4. The number of hydrogen-bond acceptors (Lipinski definition) is 6. The van der Waals surface area contributed by atoms with Crippen LogP contribution in [0.5, 0.6) is 0 Å². The van der Waals surface area contributed by atoms with E-state index in [0.29, 0.717) is 11.4 Å². The molecule has 0 aliphatic rings. The molecule has 1 atom stereocenters. The molecule has 0 aliphatic carbocycles. The van der Waals surface area contributed by atoms with Crippen LogP contribution in [0, 0.1) is 0 Å². The Morgan fingerprint density at radius 3 is 2.40 bits per heavy atom. The number of carbonyl (C=O) groups is 2. The van der Waals surface area contributed by atoms with Crippen molar-refractivity contribution in [1.29, 1.82) is 0 Å². The Kier molecular flexibility index (Phi) is 7.30. The molecule has 1 aromatic carbocycles. The lowest BCUT2D eigenvalue weighted by Gasteiger charge is -2.15. The second-order valence-corrected chi connectivity index (χ2v) is 10.1. The third kappa shape index (κ3) is 5.50. The Morgan fingerprint density at radius 1 is 1.03 bits per heavy atom. The monoisotopic (exact) mass is 466 g/mol. The lowest BCUT2D eigenvalue weighted by molar-refractivity contribution is -0.139. The van der Waals surface area contributed by atoms with Crippen LogP contribution in [0.1, 0.15) is 16.6 Å². The van der Waals surface area contributed by atoms with Gasteiger partial charge in [0.2, 0.25) is 0 Å². The molecule has 0 saturated carbocycles. The first-order chi connectivity index (χ1) is 14.4. The molecule has 0 bridgehead atoms. The predicted octanol–water partition coefficient (Wildman–Crippen LogP) is 2.98. The van der Waals surface area contributed by atoms with E-state index in [-0.39, 0.29) is 23.1 Å². The first-order valence-corrected chi connectivity index (χ1v) is 11.8. The van der Waals surface area contributed by atoms with Gasteiger partial charge in [-0.15, -0.1) is 11.3 Å². The van der Waals surface area contributed by atoms with Gasteiger partial charge >= 0.3 is 11.8 Å². The van der Waals surface area contributed by atoms with Crippen molar-refractivity contribution in [2.24, 2.45) is 0 Å². The molecule has 2 amide bonds. The van der Waals surface area contributed by atoms with Crippen molar-refractivity contribution < 1.29 is 22.4 Å². The van der Waals surface area contributed by atoms with E-state index >= 15 is 0 Å². The van der Waals surface area contributed by atoms with Crippen molar-refractivity contribution in [1.82, 2.24) is 10.6 Å². The number of thiophene rings is 1. The minimum atomic E-state index is -3.79. The van der Waals surface area contributed by atoms with E-state index in [0.717, 1.165) is 16.9 Å². The fraction of sp³-hybridized carbons (Fsp3) is 0.200. The van der Waals surface area contributed by atoms with Crippen molar-refractivity contribution in [2.75, 3.05) is 13.1 Å². The predicted molar refractivity (Wildman–Crippen MR) is 114 cm³/mol. The molecule has 2 heterocycles. The Balaban J connectivity index is 1.57. The number of hydrogen-bond donors (Lipinski definition) is 2. The van der Waals surface area contributed by atoms with Crippen LogP contribution in [0.2, 0.25) is 5.02 Å². The summed E-state index contributed by atoms with van der Waals surface area (Å²) in [5.74, 6) is -1.56. The number of benzene rings is 1. The summed E-state index contributed by atoms with van der Waals surface area (Å²) in [6.07, 6.45) is 1.88. The minimum Gasteiger partial charge on any atom is -0.468 e. The average molecular weight is 467 g/mol. The molecule has 158 valence electrons. The largest absolute Gasteiger partial charge is 0.468 e. The van der Waals surface area contributed by atoms with Gasteiger partial charge in [-0.2, -0.15) is 0 Å². The highest BCUT2D eigenvalue weighted by Crippen LogP contribution is 2.31. The Labute approximate surface area is 183 Å². The smallest absolute Gasteiger partial charge is 0.309 e. The molecular formula is C20H19ClN2O5S2. The van der Waals surface area contributed by atoms with Crippen LogP contribution >= 0.6 is 22.9 Å². The number of sulfone groups is 1. The lowest BCUT2D eigenvalue weighted by atomic mass is 10.1. The quantitative estimate of drug-likeness (QED) is 0.496. The summed E-state index contributed by atoms with van der Waals surface area (Å²) in [5.41, 5.74) is 0.958. The number of carbonyl (C=O) groups excluding carboxylic acids is 2. The van der Waals surface area contributed by atoms with Gasteiger partial charge in [0, 0.05) is 18.1 Å². The van der Waals surface area contributed by atoms with Gasteiger partial charge in [0.1, 0.15) is 15.2 Å². The SMILES string of the molecule is O=C(NCCc1ccc(Cl)cc1)C(=O)NC[C@H](c1ccco1)S(=O)(=O)c1cccs1. The van der Waals surface area contributed by atoms with Crippen LogP contribution < -0.4 is 10.6 Å². The van der Waals surface area contributed by atoms with Crippen molar-refractivity contribution in [2.45, 2.75) is 15.9 Å². The van der Waals surface area contributed by atoms with E-state index in [9.17, 15) is 18.0 Å².